The fraction of sp³-hybridized carbons (Fsp3) is 0.238. The van der Waals surface area contributed by atoms with Crippen molar-refractivity contribution in [3.8, 4) is 5.75 Å². The summed E-state index contributed by atoms with van der Waals surface area (Å²) in [4.78, 5) is 25.9. The normalized spacial score (nSPS) is 13.3. The molecule has 0 N–H and O–H groups in total. The van der Waals surface area contributed by atoms with Gasteiger partial charge in [0.05, 0.1) is 7.11 Å². The van der Waals surface area contributed by atoms with Crippen molar-refractivity contribution in [2.24, 2.45) is 0 Å². The maximum Gasteiger partial charge on any atom is 0.331 e. The second kappa shape index (κ2) is 8.49. The Hall–Kier alpha value is -3.15. The Morgan fingerprint density at radius 1 is 1.22 bits per heavy atom. The van der Waals surface area contributed by atoms with Crippen molar-refractivity contribution >= 4 is 23.6 Å². The van der Waals surface area contributed by atoms with Gasteiger partial charge < -0.3 is 14.4 Å². The molecule has 3 rings (SSSR count). The van der Waals surface area contributed by atoms with E-state index in [0.717, 1.165) is 24.1 Å². The number of amides is 1. The molecule has 1 aliphatic heterocycles. The highest BCUT2D eigenvalue weighted by Crippen LogP contribution is 2.26. The maximum absolute atomic E-state index is 13.6. The number of hydrogen-bond acceptors (Lipinski definition) is 4. The number of benzene rings is 2. The van der Waals surface area contributed by atoms with Crippen LogP contribution in [0.1, 0.15) is 17.5 Å². The highest BCUT2D eigenvalue weighted by molar-refractivity contribution is 5.97. The molecule has 140 valence electrons. The number of esters is 1. The minimum absolute atomic E-state index is 0.127. The number of hydrogen-bond donors (Lipinski definition) is 0. The summed E-state index contributed by atoms with van der Waals surface area (Å²) in [6.45, 7) is 0.267. The van der Waals surface area contributed by atoms with Crippen LogP contribution >= 0.6 is 0 Å². The molecule has 1 heterocycles. The number of ether oxygens (including phenoxy) is 2. The zero-order chi connectivity index (χ0) is 19.2. The molecule has 0 aromatic heterocycles. The first-order valence-corrected chi connectivity index (χ1v) is 8.65. The van der Waals surface area contributed by atoms with E-state index in [1.54, 1.807) is 11.0 Å². The molecule has 0 spiro atoms. The van der Waals surface area contributed by atoms with Crippen LogP contribution in [0.4, 0.5) is 10.1 Å². The quantitative estimate of drug-likeness (QED) is 0.599. The number of methoxy groups -OCH3 is 1. The lowest BCUT2D eigenvalue weighted by Gasteiger charge is -2.29. The van der Waals surface area contributed by atoms with E-state index in [1.165, 1.54) is 31.4 Å². The van der Waals surface area contributed by atoms with Crippen LogP contribution in [0.5, 0.6) is 5.75 Å². The number of carbonyl (C=O) groups is 2. The topological polar surface area (TPSA) is 55.8 Å². The average Bonchev–Trinajstić information content (AvgIpc) is 2.70. The molecule has 6 heteroatoms. The number of aryl methyl sites for hydroxylation is 1. The summed E-state index contributed by atoms with van der Waals surface area (Å²) in [5.74, 6) is -1.32. The number of anilines is 1. The number of halogens is 1. The van der Waals surface area contributed by atoms with Gasteiger partial charge in [0.15, 0.2) is 18.2 Å². The van der Waals surface area contributed by atoms with Crippen molar-refractivity contribution < 1.29 is 23.5 Å². The van der Waals surface area contributed by atoms with Crippen LogP contribution in [0, 0.1) is 5.82 Å². The van der Waals surface area contributed by atoms with Gasteiger partial charge in [-0.25, -0.2) is 9.18 Å². The van der Waals surface area contributed by atoms with E-state index in [9.17, 15) is 14.0 Å². The summed E-state index contributed by atoms with van der Waals surface area (Å²) >= 11 is 0. The molecule has 0 radical (unpaired) electrons. The third-order valence-electron chi connectivity index (χ3n) is 4.34. The standard InChI is InChI=1S/C21H20FNO4/c1-26-19-10-8-15(13-17(19)22)9-11-21(25)27-14-20(24)23-12-4-6-16-5-2-3-7-18(16)23/h2-3,5,7-11,13H,4,6,12,14H2,1H3/b11-9+. The largest absolute Gasteiger partial charge is 0.494 e. The minimum atomic E-state index is -0.662. The predicted molar refractivity (Wildman–Crippen MR) is 100 cm³/mol. The number of nitrogens with zero attached hydrogens (tertiary/aromatic N) is 1. The Morgan fingerprint density at radius 3 is 2.81 bits per heavy atom. The summed E-state index contributed by atoms with van der Waals surface area (Å²) in [5, 5.41) is 0. The van der Waals surface area contributed by atoms with E-state index in [-0.39, 0.29) is 18.3 Å². The summed E-state index contributed by atoms with van der Waals surface area (Å²) in [6.07, 6.45) is 4.39. The van der Waals surface area contributed by atoms with E-state index >= 15 is 0 Å². The van der Waals surface area contributed by atoms with Crippen LogP contribution in [-0.2, 0) is 20.7 Å². The smallest absolute Gasteiger partial charge is 0.331 e. The molecular formula is C21H20FNO4. The lowest BCUT2D eigenvalue weighted by atomic mass is 10.0. The fourth-order valence-corrected chi connectivity index (χ4v) is 3.00. The molecule has 0 atom stereocenters. The van der Waals surface area contributed by atoms with E-state index in [4.69, 9.17) is 9.47 Å². The van der Waals surface area contributed by atoms with Crippen LogP contribution < -0.4 is 9.64 Å². The number of rotatable bonds is 5. The molecule has 0 fully saturated rings. The summed E-state index contributed by atoms with van der Waals surface area (Å²) < 4.78 is 23.5. The molecule has 1 amide bonds. The van der Waals surface area contributed by atoms with Crippen LogP contribution in [0.3, 0.4) is 0 Å². The maximum atomic E-state index is 13.6. The fourth-order valence-electron chi connectivity index (χ4n) is 3.00. The Labute approximate surface area is 157 Å². The van der Waals surface area contributed by atoms with Crippen molar-refractivity contribution in [1.29, 1.82) is 0 Å². The lowest BCUT2D eigenvalue weighted by molar-refractivity contribution is -0.142. The third kappa shape index (κ3) is 4.53. The highest BCUT2D eigenvalue weighted by atomic mass is 19.1. The highest BCUT2D eigenvalue weighted by Gasteiger charge is 2.22. The predicted octanol–water partition coefficient (Wildman–Crippen LogP) is 3.37. The summed E-state index contributed by atoms with van der Waals surface area (Å²) in [7, 11) is 1.38. The molecule has 2 aromatic carbocycles. The molecule has 0 bridgehead atoms. The van der Waals surface area contributed by atoms with E-state index < -0.39 is 11.8 Å². The van der Waals surface area contributed by atoms with Crippen molar-refractivity contribution in [2.75, 3.05) is 25.2 Å². The number of fused-ring (bicyclic) bond motifs is 1. The van der Waals surface area contributed by atoms with Gasteiger partial charge in [0.1, 0.15) is 0 Å². The second-order valence-corrected chi connectivity index (χ2v) is 6.11. The molecule has 1 aliphatic rings. The van der Waals surface area contributed by atoms with Gasteiger partial charge in [-0.1, -0.05) is 24.3 Å². The van der Waals surface area contributed by atoms with Gasteiger partial charge in [0.25, 0.3) is 5.91 Å². The van der Waals surface area contributed by atoms with Crippen LogP contribution in [0.25, 0.3) is 6.08 Å². The van der Waals surface area contributed by atoms with E-state index in [0.29, 0.717) is 12.1 Å². The molecule has 0 saturated carbocycles. The summed E-state index contributed by atoms with van der Waals surface area (Å²) in [6, 6.07) is 12.0. The first kappa shape index (κ1) is 18.6. The zero-order valence-corrected chi connectivity index (χ0v) is 15.0. The molecule has 5 nitrogen and oxygen atoms in total. The third-order valence-corrected chi connectivity index (χ3v) is 4.34. The molecule has 0 saturated heterocycles. The number of carbonyl (C=O) groups excluding carboxylic acids is 2. The first-order chi connectivity index (χ1) is 13.1. The van der Waals surface area contributed by atoms with Crippen molar-refractivity contribution in [1.82, 2.24) is 0 Å². The van der Waals surface area contributed by atoms with Gasteiger partial charge in [-0.15, -0.1) is 0 Å². The first-order valence-electron chi connectivity index (χ1n) is 8.65. The van der Waals surface area contributed by atoms with Crippen LogP contribution in [0.15, 0.2) is 48.5 Å². The SMILES string of the molecule is COc1ccc(/C=C/C(=O)OCC(=O)N2CCCc3ccccc32)cc1F. The molecule has 0 aliphatic carbocycles. The van der Waals surface area contributed by atoms with Crippen molar-refractivity contribution in [2.45, 2.75) is 12.8 Å². The van der Waals surface area contributed by atoms with Gasteiger partial charge in [0.2, 0.25) is 0 Å². The summed E-state index contributed by atoms with van der Waals surface area (Å²) in [5.41, 5.74) is 2.47. The minimum Gasteiger partial charge on any atom is -0.494 e. The molecule has 0 unspecified atom stereocenters. The zero-order valence-electron chi connectivity index (χ0n) is 15.0. The van der Waals surface area contributed by atoms with Crippen molar-refractivity contribution in [3.05, 3.63) is 65.5 Å². The Kier molecular flexibility index (Phi) is 5.86. The van der Waals surface area contributed by atoms with E-state index in [1.807, 2.05) is 24.3 Å². The molecule has 2 aromatic rings. The van der Waals surface area contributed by atoms with Gasteiger partial charge in [-0.2, -0.15) is 0 Å². The van der Waals surface area contributed by atoms with Gasteiger partial charge >= 0.3 is 5.97 Å². The monoisotopic (exact) mass is 369 g/mol. The average molecular weight is 369 g/mol. The van der Waals surface area contributed by atoms with Gasteiger partial charge in [0, 0.05) is 18.3 Å². The Morgan fingerprint density at radius 2 is 2.04 bits per heavy atom. The van der Waals surface area contributed by atoms with Crippen LogP contribution in [0.2, 0.25) is 0 Å². The molecular weight excluding hydrogens is 349 g/mol. The van der Waals surface area contributed by atoms with E-state index in [2.05, 4.69) is 0 Å². The van der Waals surface area contributed by atoms with Gasteiger partial charge in [-0.3, -0.25) is 4.79 Å². The lowest BCUT2D eigenvalue weighted by Crippen LogP contribution is -2.38. The Balaban J connectivity index is 1.56. The second-order valence-electron chi connectivity index (χ2n) is 6.11. The van der Waals surface area contributed by atoms with Gasteiger partial charge in [-0.05, 0) is 48.2 Å². The number of para-hydroxylation sites is 1. The van der Waals surface area contributed by atoms with Crippen molar-refractivity contribution in [3.63, 3.8) is 0 Å². The molecule has 27 heavy (non-hydrogen) atoms. The van der Waals surface area contributed by atoms with Crippen LogP contribution in [-0.4, -0.2) is 32.1 Å². The Bertz CT molecular complexity index is 878.